The average Bonchev–Trinajstić information content (AvgIpc) is 3.05. The number of esters is 1. The highest BCUT2D eigenvalue weighted by Crippen LogP contribution is 2.38. The summed E-state index contributed by atoms with van der Waals surface area (Å²) in [5, 5.41) is 1.34. The van der Waals surface area contributed by atoms with Crippen LogP contribution in [0.4, 0.5) is 18.0 Å². The van der Waals surface area contributed by atoms with E-state index in [-0.39, 0.29) is 28.4 Å². The van der Waals surface area contributed by atoms with E-state index in [1.165, 1.54) is 25.3 Å². The van der Waals surface area contributed by atoms with Crippen molar-refractivity contribution in [3.05, 3.63) is 64.1 Å². The molecule has 3 rings (SSSR count). The molecule has 2 aromatic carbocycles. The van der Waals surface area contributed by atoms with Crippen molar-refractivity contribution < 1.29 is 37.0 Å². The van der Waals surface area contributed by atoms with Gasteiger partial charge in [0.05, 0.1) is 17.6 Å². The van der Waals surface area contributed by atoms with Crippen LogP contribution in [0, 0.1) is 0 Å². The lowest BCUT2D eigenvalue weighted by molar-refractivity contribution is -0.142. The van der Waals surface area contributed by atoms with Crippen LogP contribution < -0.4 is 15.8 Å². The molecule has 7 nitrogen and oxygen atoms in total. The molecule has 1 fully saturated rings. The van der Waals surface area contributed by atoms with Crippen LogP contribution in [0.15, 0.2) is 47.4 Å². The highest BCUT2D eigenvalue weighted by atomic mass is 32.2. The molecule has 1 aliphatic heterocycles. The van der Waals surface area contributed by atoms with E-state index in [1.807, 2.05) is 5.32 Å². The fourth-order valence-corrected chi connectivity index (χ4v) is 3.52. The quantitative estimate of drug-likeness (QED) is 0.492. The second kappa shape index (κ2) is 9.45. The summed E-state index contributed by atoms with van der Waals surface area (Å²) >= 11 is 0.528. The first kappa shape index (κ1) is 23.4. The van der Waals surface area contributed by atoms with Gasteiger partial charge in [0.25, 0.3) is 11.1 Å². The number of thioether (sulfide) groups is 1. The van der Waals surface area contributed by atoms with Crippen molar-refractivity contribution in [2.45, 2.75) is 18.6 Å². The molecule has 0 aliphatic carbocycles. The van der Waals surface area contributed by atoms with Crippen molar-refractivity contribution in [1.29, 1.82) is 0 Å². The van der Waals surface area contributed by atoms with Crippen molar-refractivity contribution in [2.75, 3.05) is 7.11 Å². The average molecular weight is 466 g/mol. The van der Waals surface area contributed by atoms with E-state index in [1.54, 1.807) is 12.1 Å². The van der Waals surface area contributed by atoms with E-state index in [2.05, 4.69) is 4.74 Å². The Hall–Kier alpha value is -3.31. The summed E-state index contributed by atoms with van der Waals surface area (Å²) < 4.78 is 50.8. The molecule has 2 aromatic rings. The Balaban J connectivity index is 1.80. The molecule has 1 aliphatic rings. The fraction of sp³-hybridized carbons (Fsp3) is 0.190. The predicted octanol–water partition coefficient (Wildman–Crippen LogP) is 3.86. The number of alkyl halides is 3. The minimum atomic E-state index is -4.72. The Bertz CT molecular complexity index is 1080. The molecule has 3 N–H and O–H groups in total. The number of rotatable bonds is 6. The molecule has 0 saturated carbocycles. The van der Waals surface area contributed by atoms with Gasteiger partial charge in [-0.15, -0.1) is 0 Å². The number of carbonyl (C=O) groups excluding carboxylic acids is 3. The van der Waals surface area contributed by atoms with Crippen molar-refractivity contribution in [3.63, 3.8) is 0 Å². The molecule has 11 heteroatoms. The van der Waals surface area contributed by atoms with Gasteiger partial charge in [-0.05, 0) is 59.7 Å². The van der Waals surface area contributed by atoms with Gasteiger partial charge in [-0.1, -0.05) is 18.2 Å². The van der Waals surface area contributed by atoms with Crippen molar-refractivity contribution in [1.82, 2.24) is 5.32 Å². The van der Waals surface area contributed by atoms with Crippen LogP contribution in [0.3, 0.4) is 0 Å². The number of ether oxygens (including phenoxy) is 2. The molecule has 0 aromatic heterocycles. The molecular formula is C21H17F3N2O5S. The topological polar surface area (TPSA) is 108 Å². The van der Waals surface area contributed by atoms with Crippen LogP contribution >= 0.6 is 11.8 Å². The standard InChI is InChI=1S/C21H17F3N2O5S/c1-30-19(28)16(25)8-11-2-5-13(6-3-11)31-14-7-4-12(15(10-14)21(22,23)24)9-17-18(27)26-20(29)32-17/h2-7,9-10,16H,8,25H2,1H3,(H,26,27,29). The van der Waals surface area contributed by atoms with Crippen LogP contribution in [0.2, 0.25) is 0 Å². The number of hydrogen-bond donors (Lipinski definition) is 2. The minimum Gasteiger partial charge on any atom is -0.468 e. The molecule has 1 unspecified atom stereocenters. The number of hydrogen-bond acceptors (Lipinski definition) is 7. The van der Waals surface area contributed by atoms with E-state index < -0.39 is 34.9 Å². The van der Waals surface area contributed by atoms with E-state index in [0.29, 0.717) is 11.8 Å². The fourth-order valence-electron chi connectivity index (χ4n) is 2.85. The lowest BCUT2D eigenvalue weighted by Crippen LogP contribution is -2.33. The Morgan fingerprint density at radius 1 is 1.16 bits per heavy atom. The second-order valence-corrected chi connectivity index (χ2v) is 7.69. The van der Waals surface area contributed by atoms with Gasteiger partial charge in [-0.2, -0.15) is 13.2 Å². The SMILES string of the molecule is COC(=O)C(N)Cc1ccc(Oc2ccc(C=C3SC(=O)NC3=O)c(C(F)(F)F)c2)cc1. The number of carbonyl (C=O) groups is 3. The molecule has 0 bridgehead atoms. The maximum absolute atomic E-state index is 13.6. The van der Waals surface area contributed by atoms with Gasteiger partial charge in [0.15, 0.2) is 0 Å². The molecule has 0 spiro atoms. The van der Waals surface area contributed by atoms with Crippen LogP contribution in [0.25, 0.3) is 6.08 Å². The van der Waals surface area contributed by atoms with E-state index in [9.17, 15) is 27.6 Å². The van der Waals surface area contributed by atoms with Crippen LogP contribution in [-0.4, -0.2) is 30.3 Å². The predicted molar refractivity (Wildman–Crippen MR) is 111 cm³/mol. The number of halogens is 3. The third kappa shape index (κ3) is 5.68. The highest BCUT2D eigenvalue weighted by molar-refractivity contribution is 8.18. The third-order valence-corrected chi connectivity index (χ3v) is 5.19. The van der Waals surface area contributed by atoms with Crippen LogP contribution in [-0.2, 0) is 26.9 Å². The van der Waals surface area contributed by atoms with E-state index in [0.717, 1.165) is 23.8 Å². The monoisotopic (exact) mass is 466 g/mol. The van der Waals surface area contributed by atoms with Crippen LogP contribution in [0.1, 0.15) is 16.7 Å². The lowest BCUT2D eigenvalue weighted by atomic mass is 10.1. The third-order valence-electron chi connectivity index (χ3n) is 4.38. The minimum absolute atomic E-state index is 0.0712. The van der Waals surface area contributed by atoms with Crippen molar-refractivity contribution in [2.24, 2.45) is 5.73 Å². The summed E-state index contributed by atoms with van der Waals surface area (Å²) in [4.78, 5) is 34.2. The Labute approximate surface area is 184 Å². The summed E-state index contributed by atoms with van der Waals surface area (Å²) in [6.45, 7) is 0. The van der Waals surface area contributed by atoms with Gasteiger partial charge >= 0.3 is 12.1 Å². The van der Waals surface area contributed by atoms with Crippen molar-refractivity contribution >= 4 is 35.0 Å². The van der Waals surface area contributed by atoms with Gasteiger partial charge < -0.3 is 15.2 Å². The zero-order valence-corrected chi connectivity index (χ0v) is 17.4. The Kier molecular flexibility index (Phi) is 6.90. The van der Waals surface area contributed by atoms with Crippen molar-refractivity contribution in [3.8, 4) is 11.5 Å². The first-order chi connectivity index (χ1) is 15.1. The maximum Gasteiger partial charge on any atom is 0.417 e. The molecule has 0 radical (unpaired) electrons. The van der Waals surface area contributed by atoms with Gasteiger partial charge in [0.2, 0.25) is 0 Å². The number of benzene rings is 2. The first-order valence-electron chi connectivity index (χ1n) is 9.13. The number of imide groups is 1. The molecular weight excluding hydrogens is 449 g/mol. The Morgan fingerprint density at radius 3 is 2.38 bits per heavy atom. The molecule has 168 valence electrons. The normalized spacial score (nSPS) is 16.1. The molecule has 32 heavy (non-hydrogen) atoms. The zero-order chi connectivity index (χ0) is 23.5. The summed E-state index contributed by atoms with van der Waals surface area (Å²) in [5.41, 5.74) is 5.13. The Morgan fingerprint density at radius 2 is 1.81 bits per heavy atom. The number of amides is 2. The summed E-state index contributed by atoms with van der Waals surface area (Å²) in [5.74, 6) is -1.10. The second-order valence-electron chi connectivity index (χ2n) is 6.68. The smallest absolute Gasteiger partial charge is 0.417 e. The van der Waals surface area contributed by atoms with E-state index >= 15 is 0 Å². The molecule has 2 amide bonds. The zero-order valence-electron chi connectivity index (χ0n) is 16.6. The summed E-state index contributed by atoms with van der Waals surface area (Å²) in [6.07, 6.45) is -3.48. The number of nitrogens with one attached hydrogen (secondary N) is 1. The lowest BCUT2D eigenvalue weighted by Gasteiger charge is -2.14. The number of methoxy groups -OCH3 is 1. The van der Waals surface area contributed by atoms with Gasteiger partial charge in [0, 0.05) is 0 Å². The van der Waals surface area contributed by atoms with Gasteiger partial charge in [-0.3, -0.25) is 19.7 Å². The largest absolute Gasteiger partial charge is 0.468 e. The van der Waals surface area contributed by atoms with Crippen LogP contribution in [0.5, 0.6) is 11.5 Å². The summed E-state index contributed by atoms with van der Waals surface area (Å²) in [6, 6.07) is 8.79. The summed E-state index contributed by atoms with van der Waals surface area (Å²) in [7, 11) is 1.23. The molecule has 1 saturated heterocycles. The van der Waals surface area contributed by atoms with Gasteiger partial charge in [-0.25, -0.2) is 0 Å². The molecule has 1 atom stereocenters. The van der Waals surface area contributed by atoms with Gasteiger partial charge in [0.1, 0.15) is 17.5 Å². The first-order valence-corrected chi connectivity index (χ1v) is 9.95. The number of nitrogens with two attached hydrogens (primary N) is 1. The van der Waals surface area contributed by atoms with E-state index in [4.69, 9.17) is 10.5 Å². The maximum atomic E-state index is 13.6. The highest BCUT2D eigenvalue weighted by Gasteiger charge is 2.34. The molecule has 1 heterocycles.